The number of fused-ring (bicyclic) bond motifs is 1. The summed E-state index contributed by atoms with van der Waals surface area (Å²) in [5.41, 5.74) is 0. The summed E-state index contributed by atoms with van der Waals surface area (Å²) < 4.78 is 44.3. The van der Waals surface area contributed by atoms with Crippen molar-refractivity contribution in [2.75, 3.05) is 13.2 Å². The van der Waals surface area contributed by atoms with Gasteiger partial charge in [-0.05, 0) is 43.3 Å². The van der Waals surface area contributed by atoms with Gasteiger partial charge in [0.2, 0.25) is 16.1 Å². The maximum atomic E-state index is 12.2. The Bertz CT molecular complexity index is 912. The molecule has 1 heterocycles. The van der Waals surface area contributed by atoms with Crippen molar-refractivity contribution in [1.82, 2.24) is 0 Å². The van der Waals surface area contributed by atoms with Crippen molar-refractivity contribution in [2.24, 2.45) is 5.14 Å². The van der Waals surface area contributed by atoms with Crippen LogP contribution in [-0.2, 0) is 19.6 Å². The highest BCUT2D eigenvalue weighted by Crippen LogP contribution is 2.33. The molecule has 2 aromatic rings. The van der Waals surface area contributed by atoms with E-state index in [0.29, 0.717) is 17.2 Å². The topological polar surface area (TPSA) is 114 Å². The maximum Gasteiger partial charge on any atom is 0.351 e. The van der Waals surface area contributed by atoms with Crippen molar-refractivity contribution in [3.05, 3.63) is 48.5 Å². The molecule has 0 fully saturated rings. The number of hydrogen-bond donors (Lipinski definition) is 1. The van der Waals surface area contributed by atoms with Crippen LogP contribution in [0.5, 0.6) is 17.2 Å². The molecule has 1 aliphatic rings. The molecule has 0 bridgehead atoms. The fourth-order valence-electron chi connectivity index (χ4n) is 2.49. The Hall–Kier alpha value is -2.78. The zero-order valence-electron chi connectivity index (χ0n) is 14.5. The molecule has 144 valence electrons. The van der Waals surface area contributed by atoms with E-state index in [2.05, 4.69) is 0 Å². The Morgan fingerprint density at radius 1 is 1.04 bits per heavy atom. The van der Waals surface area contributed by atoms with Crippen LogP contribution in [0.2, 0.25) is 0 Å². The summed E-state index contributed by atoms with van der Waals surface area (Å²) in [5.74, 6) is 0.951. The molecule has 0 aromatic heterocycles. The Balaban J connectivity index is 1.47. The predicted octanol–water partition coefficient (Wildman–Crippen LogP) is 1.48. The Kier molecular flexibility index (Phi) is 5.52. The smallest absolute Gasteiger partial charge is 0.351 e. The lowest BCUT2D eigenvalue weighted by Crippen LogP contribution is -2.44. The number of nitrogens with two attached hydrogens (primary N) is 1. The second-order valence-electron chi connectivity index (χ2n) is 5.84. The van der Waals surface area contributed by atoms with Gasteiger partial charge >= 0.3 is 5.97 Å². The highest BCUT2D eigenvalue weighted by atomic mass is 32.2. The molecule has 2 N–H and O–H groups in total. The summed E-state index contributed by atoms with van der Waals surface area (Å²) in [5, 5.41) is 5.03. The van der Waals surface area contributed by atoms with E-state index in [-0.39, 0.29) is 18.1 Å². The molecule has 3 rings (SSSR count). The number of esters is 1. The molecule has 0 amide bonds. The van der Waals surface area contributed by atoms with E-state index in [9.17, 15) is 13.2 Å². The number of sulfonamides is 1. The van der Waals surface area contributed by atoms with Gasteiger partial charge in [0.15, 0.2) is 11.5 Å². The molecule has 8 nitrogen and oxygen atoms in total. The number of carbonyl (C=O) groups excluding carboxylic acids is 1. The number of para-hydroxylation sites is 2. The summed E-state index contributed by atoms with van der Waals surface area (Å²) in [6.07, 6.45) is -1.35. The SMILES string of the molecule is CC1Oc2ccccc2OC1C(=O)OCCOc1ccc(S(N)(=O)=O)cc1. The van der Waals surface area contributed by atoms with E-state index in [4.69, 9.17) is 24.1 Å². The van der Waals surface area contributed by atoms with E-state index < -0.39 is 28.2 Å². The first-order valence-corrected chi connectivity index (χ1v) is 9.74. The van der Waals surface area contributed by atoms with Crippen LogP contribution < -0.4 is 19.3 Å². The highest BCUT2D eigenvalue weighted by Gasteiger charge is 2.35. The molecule has 0 aliphatic carbocycles. The van der Waals surface area contributed by atoms with Crippen molar-refractivity contribution in [2.45, 2.75) is 24.0 Å². The van der Waals surface area contributed by atoms with Crippen molar-refractivity contribution >= 4 is 16.0 Å². The first-order chi connectivity index (χ1) is 12.8. The molecule has 2 aromatic carbocycles. The predicted molar refractivity (Wildman–Crippen MR) is 95.2 cm³/mol. The van der Waals surface area contributed by atoms with Gasteiger partial charge in [0.25, 0.3) is 0 Å². The first-order valence-electron chi connectivity index (χ1n) is 8.19. The first kappa shape index (κ1) is 19.0. The average Bonchev–Trinajstić information content (AvgIpc) is 2.64. The van der Waals surface area contributed by atoms with Gasteiger partial charge in [0.1, 0.15) is 25.1 Å². The van der Waals surface area contributed by atoms with Crippen LogP contribution in [0.4, 0.5) is 0 Å². The highest BCUT2D eigenvalue weighted by molar-refractivity contribution is 7.89. The fourth-order valence-corrected chi connectivity index (χ4v) is 3.00. The largest absolute Gasteiger partial charge is 0.490 e. The lowest BCUT2D eigenvalue weighted by Gasteiger charge is -2.30. The molecule has 0 radical (unpaired) electrons. The number of carbonyl (C=O) groups is 1. The monoisotopic (exact) mass is 393 g/mol. The number of ether oxygens (including phenoxy) is 4. The van der Waals surface area contributed by atoms with E-state index >= 15 is 0 Å². The van der Waals surface area contributed by atoms with Crippen molar-refractivity contribution in [3.63, 3.8) is 0 Å². The second-order valence-corrected chi connectivity index (χ2v) is 7.40. The van der Waals surface area contributed by atoms with Gasteiger partial charge < -0.3 is 18.9 Å². The summed E-state index contributed by atoms with van der Waals surface area (Å²) in [6, 6.07) is 12.7. The van der Waals surface area contributed by atoms with Crippen LogP contribution in [0.3, 0.4) is 0 Å². The molecule has 1 aliphatic heterocycles. The van der Waals surface area contributed by atoms with Crippen LogP contribution in [-0.4, -0.2) is 39.8 Å². The molecule has 0 spiro atoms. The van der Waals surface area contributed by atoms with Crippen LogP contribution in [0.25, 0.3) is 0 Å². The third kappa shape index (κ3) is 4.69. The number of primary sulfonamides is 1. The summed E-state index contributed by atoms with van der Waals surface area (Å²) in [4.78, 5) is 12.2. The molecular formula is C18H19NO7S. The van der Waals surface area contributed by atoms with Gasteiger partial charge in [0.05, 0.1) is 4.90 Å². The zero-order valence-corrected chi connectivity index (χ0v) is 15.3. The third-order valence-corrected chi connectivity index (χ3v) is 4.75. The van der Waals surface area contributed by atoms with Gasteiger partial charge in [-0.2, -0.15) is 0 Å². The van der Waals surface area contributed by atoms with Gasteiger partial charge in [-0.25, -0.2) is 18.4 Å². The van der Waals surface area contributed by atoms with Crippen molar-refractivity contribution < 1.29 is 32.2 Å². The molecule has 27 heavy (non-hydrogen) atoms. The number of benzene rings is 2. The summed E-state index contributed by atoms with van der Waals surface area (Å²) in [6.45, 7) is 1.83. The molecule has 0 saturated carbocycles. The van der Waals surface area contributed by atoms with Crippen molar-refractivity contribution in [1.29, 1.82) is 0 Å². The Morgan fingerprint density at radius 3 is 2.30 bits per heavy atom. The number of hydrogen-bond acceptors (Lipinski definition) is 7. The molecule has 2 atom stereocenters. The normalized spacial score (nSPS) is 18.6. The van der Waals surface area contributed by atoms with Crippen LogP contribution in [0.15, 0.2) is 53.4 Å². The molecule has 2 unspecified atom stereocenters. The van der Waals surface area contributed by atoms with Crippen LogP contribution in [0, 0.1) is 0 Å². The minimum Gasteiger partial charge on any atom is -0.490 e. The van der Waals surface area contributed by atoms with E-state index in [1.165, 1.54) is 24.3 Å². The minimum absolute atomic E-state index is 0.00397. The third-order valence-electron chi connectivity index (χ3n) is 3.82. The quantitative estimate of drug-likeness (QED) is 0.584. The minimum atomic E-state index is -3.75. The summed E-state index contributed by atoms with van der Waals surface area (Å²) >= 11 is 0. The summed E-state index contributed by atoms with van der Waals surface area (Å²) in [7, 11) is -3.75. The van der Waals surface area contributed by atoms with Crippen LogP contribution in [0.1, 0.15) is 6.92 Å². The standard InChI is InChI=1S/C18H19NO7S/c1-12-17(26-16-5-3-2-4-15(16)25-12)18(20)24-11-10-23-13-6-8-14(9-7-13)27(19,21)22/h2-9,12,17H,10-11H2,1H3,(H2,19,21,22). The average molecular weight is 393 g/mol. The van der Waals surface area contributed by atoms with E-state index in [1.54, 1.807) is 25.1 Å². The zero-order chi connectivity index (χ0) is 19.4. The lowest BCUT2D eigenvalue weighted by atomic mass is 10.2. The van der Waals surface area contributed by atoms with Crippen LogP contribution >= 0.6 is 0 Å². The van der Waals surface area contributed by atoms with Gasteiger partial charge in [-0.1, -0.05) is 12.1 Å². The molecular weight excluding hydrogens is 374 g/mol. The van der Waals surface area contributed by atoms with Crippen molar-refractivity contribution in [3.8, 4) is 17.2 Å². The van der Waals surface area contributed by atoms with E-state index in [1.807, 2.05) is 6.07 Å². The molecule has 0 saturated heterocycles. The maximum absolute atomic E-state index is 12.2. The van der Waals surface area contributed by atoms with Gasteiger partial charge in [-0.3, -0.25) is 0 Å². The Morgan fingerprint density at radius 2 is 1.67 bits per heavy atom. The lowest BCUT2D eigenvalue weighted by molar-refractivity contribution is -0.158. The van der Waals surface area contributed by atoms with Gasteiger partial charge in [0, 0.05) is 0 Å². The Labute approximate surface area is 156 Å². The molecule has 9 heteroatoms. The number of rotatable bonds is 6. The fraction of sp³-hybridized carbons (Fsp3) is 0.278. The second kappa shape index (κ2) is 7.85. The van der Waals surface area contributed by atoms with Gasteiger partial charge in [-0.15, -0.1) is 0 Å². The van der Waals surface area contributed by atoms with E-state index in [0.717, 1.165) is 0 Å².